The van der Waals surface area contributed by atoms with Crippen molar-refractivity contribution in [3.63, 3.8) is 0 Å². The second-order valence-corrected chi connectivity index (χ2v) is 5.96. The van der Waals surface area contributed by atoms with Crippen LogP contribution in [0, 0.1) is 23.2 Å². The van der Waals surface area contributed by atoms with E-state index in [0.717, 1.165) is 24.2 Å². The molecular weight excluding hydrogens is 172 g/mol. The quantitative estimate of drug-likeness (QED) is 0.732. The number of hydrogen-bond acceptors (Lipinski definition) is 1. The first-order valence-electron chi connectivity index (χ1n) is 6.28. The van der Waals surface area contributed by atoms with Crippen molar-refractivity contribution < 1.29 is 5.11 Å². The summed E-state index contributed by atoms with van der Waals surface area (Å²) in [5.74, 6) is 2.99. The molecule has 1 N–H and O–H groups in total. The Kier molecular flexibility index (Phi) is 2.88. The van der Waals surface area contributed by atoms with E-state index < -0.39 is 0 Å². The van der Waals surface area contributed by atoms with Crippen LogP contribution in [0.15, 0.2) is 0 Å². The second kappa shape index (κ2) is 3.84. The molecule has 2 bridgehead atoms. The standard InChI is InChI=1S/C13H24O/c1-3-13(2,9-14)8-12-7-10-4-5-11(12)6-10/h10-12,14H,3-9H2,1-2H3. The Bertz CT molecular complexity index is 195. The van der Waals surface area contributed by atoms with Gasteiger partial charge in [-0.25, -0.2) is 0 Å². The molecule has 4 unspecified atom stereocenters. The zero-order chi connectivity index (χ0) is 10.2. The van der Waals surface area contributed by atoms with Crippen LogP contribution < -0.4 is 0 Å². The molecule has 4 atom stereocenters. The Morgan fingerprint density at radius 2 is 2.07 bits per heavy atom. The van der Waals surface area contributed by atoms with Crippen molar-refractivity contribution in [2.45, 2.75) is 52.4 Å². The van der Waals surface area contributed by atoms with E-state index in [1.807, 2.05) is 0 Å². The van der Waals surface area contributed by atoms with Gasteiger partial charge >= 0.3 is 0 Å². The van der Waals surface area contributed by atoms with Gasteiger partial charge in [-0.15, -0.1) is 0 Å². The van der Waals surface area contributed by atoms with Crippen molar-refractivity contribution in [2.75, 3.05) is 6.61 Å². The lowest BCUT2D eigenvalue weighted by Gasteiger charge is -2.32. The third kappa shape index (κ3) is 1.84. The maximum Gasteiger partial charge on any atom is 0.0484 e. The van der Waals surface area contributed by atoms with Crippen molar-refractivity contribution in [3.05, 3.63) is 0 Å². The Morgan fingerprint density at radius 3 is 2.50 bits per heavy atom. The molecule has 0 aromatic heterocycles. The van der Waals surface area contributed by atoms with Crippen LogP contribution in [0.25, 0.3) is 0 Å². The zero-order valence-electron chi connectivity index (χ0n) is 9.63. The fourth-order valence-corrected chi connectivity index (χ4v) is 3.58. The van der Waals surface area contributed by atoms with Crippen molar-refractivity contribution in [3.8, 4) is 0 Å². The molecule has 14 heavy (non-hydrogen) atoms. The normalized spacial score (nSPS) is 40.1. The van der Waals surface area contributed by atoms with Crippen LogP contribution in [0.3, 0.4) is 0 Å². The summed E-state index contributed by atoms with van der Waals surface area (Å²) in [6.07, 6.45) is 8.30. The molecule has 2 aliphatic rings. The van der Waals surface area contributed by atoms with Crippen LogP contribution in [-0.4, -0.2) is 11.7 Å². The van der Waals surface area contributed by atoms with Crippen LogP contribution >= 0.6 is 0 Å². The van der Waals surface area contributed by atoms with E-state index in [1.165, 1.54) is 32.1 Å². The highest BCUT2D eigenvalue weighted by atomic mass is 16.3. The van der Waals surface area contributed by atoms with E-state index >= 15 is 0 Å². The first kappa shape index (κ1) is 10.5. The molecule has 2 saturated carbocycles. The molecule has 0 heterocycles. The van der Waals surface area contributed by atoms with Gasteiger partial charge in [-0.05, 0) is 55.3 Å². The Balaban J connectivity index is 1.91. The van der Waals surface area contributed by atoms with Gasteiger partial charge in [-0.2, -0.15) is 0 Å². The highest BCUT2D eigenvalue weighted by Crippen LogP contribution is 2.52. The van der Waals surface area contributed by atoms with E-state index in [0.29, 0.717) is 6.61 Å². The van der Waals surface area contributed by atoms with Gasteiger partial charge in [-0.1, -0.05) is 20.3 Å². The number of rotatable bonds is 4. The molecule has 0 aromatic carbocycles. The maximum absolute atomic E-state index is 9.42. The summed E-state index contributed by atoms with van der Waals surface area (Å²) in [7, 11) is 0. The minimum atomic E-state index is 0.204. The smallest absolute Gasteiger partial charge is 0.0484 e. The predicted octanol–water partition coefficient (Wildman–Crippen LogP) is 3.22. The lowest BCUT2D eigenvalue weighted by atomic mass is 9.74. The molecule has 2 rings (SSSR count). The summed E-state index contributed by atoms with van der Waals surface area (Å²) in [5, 5.41) is 9.42. The van der Waals surface area contributed by atoms with Gasteiger partial charge in [0, 0.05) is 6.61 Å². The van der Waals surface area contributed by atoms with Gasteiger partial charge in [-0.3, -0.25) is 0 Å². The third-order valence-electron chi connectivity index (χ3n) is 4.87. The third-order valence-corrected chi connectivity index (χ3v) is 4.87. The average Bonchev–Trinajstić information content (AvgIpc) is 2.79. The van der Waals surface area contributed by atoms with Gasteiger partial charge in [0.25, 0.3) is 0 Å². The number of fused-ring (bicyclic) bond motifs is 2. The molecule has 0 aromatic rings. The van der Waals surface area contributed by atoms with Gasteiger partial charge in [0.15, 0.2) is 0 Å². The first-order chi connectivity index (χ1) is 6.67. The summed E-state index contributed by atoms with van der Waals surface area (Å²) in [6.45, 7) is 4.83. The molecule has 0 aliphatic heterocycles. The van der Waals surface area contributed by atoms with Crippen LogP contribution in [0.5, 0.6) is 0 Å². The van der Waals surface area contributed by atoms with Crippen LogP contribution in [-0.2, 0) is 0 Å². The van der Waals surface area contributed by atoms with Crippen LogP contribution in [0.1, 0.15) is 52.4 Å². The maximum atomic E-state index is 9.42. The molecule has 2 aliphatic carbocycles. The van der Waals surface area contributed by atoms with Gasteiger partial charge < -0.3 is 5.11 Å². The predicted molar refractivity (Wildman–Crippen MR) is 59.0 cm³/mol. The summed E-state index contributed by atoms with van der Waals surface area (Å²) in [6, 6.07) is 0. The number of hydrogen-bond donors (Lipinski definition) is 1. The van der Waals surface area contributed by atoms with Crippen molar-refractivity contribution in [1.82, 2.24) is 0 Å². The van der Waals surface area contributed by atoms with Gasteiger partial charge in [0.05, 0.1) is 0 Å². The van der Waals surface area contributed by atoms with Gasteiger partial charge in [0.1, 0.15) is 0 Å². The molecule has 1 heteroatoms. The number of aliphatic hydroxyl groups is 1. The second-order valence-electron chi connectivity index (χ2n) is 5.96. The van der Waals surface area contributed by atoms with Crippen molar-refractivity contribution in [1.29, 1.82) is 0 Å². The summed E-state index contributed by atoms with van der Waals surface area (Å²) in [4.78, 5) is 0. The minimum Gasteiger partial charge on any atom is -0.396 e. The highest BCUT2D eigenvalue weighted by Gasteiger charge is 2.41. The molecule has 1 nitrogen and oxygen atoms in total. The van der Waals surface area contributed by atoms with E-state index in [2.05, 4.69) is 13.8 Å². The number of aliphatic hydroxyl groups excluding tert-OH is 1. The Labute approximate surface area is 87.9 Å². The Morgan fingerprint density at radius 1 is 1.29 bits per heavy atom. The summed E-state index contributed by atoms with van der Waals surface area (Å²) >= 11 is 0. The SMILES string of the molecule is CCC(C)(CO)CC1CC2CCC1C2. The van der Waals surface area contributed by atoms with E-state index in [1.54, 1.807) is 0 Å². The largest absolute Gasteiger partial charge is 0.396 e. The van der Waals surface area contributed by atoms with Gasteiger partial charge in [0.2, 0.25) is 0 Å². The molecule has 2 fully saturated rings. The van der Waals surface area contributed by atoms with Crippen molar-refractivity contribution >= 4 is 0 Å². The first-order valence-corrected chi connectivity index (χ1v) is 6.28. The van der Waals surface area contributed by atoms with E-state index in [-0.39, 0.29) is 5.41 Å². The molecule has 0 spiro atoms. The molecule has 0 saturated heterocycles. The lowest BCUT2D eigenvalue weighted by Crippen LogP contribution is -2.26. The minimum absolute atomic E-state index is 0.204. The molecule has 0 amide bonds. The topological polar surface area (TPSA) is 20.2 Å². The Hall–Kier alpha value is -0.0400. The van der Waals surface area contributed by atoms with E-state index in [9.17, 15) is 5.11 Å². The average molecular weight is 196 g/mol. The molecule has 0 radical (unpaired) electrons. The molecular formula is C13H24O. The molecule has 82 valence electrons. The van der Waals surface area contributed by atoms with Crippen LogP contribution in [0.2, 0.25) is 0 Å². The summed E-state index contributed by atoms with van der Waals surface area (Å²) < 4.78 is 0. The van der Waals surface area contributed by atoms with Crippen LogP contribution in [0.4, 0.5) is 0 Å². The summed E-state index contributed by atoms with van der Waals surface area (Å²) in [5.41, 5.74) is 0.204. The fraction of sp³-hybridized carbons (Fsp3) is 1.00. The van der Waals surface area contributed by atoms with E-state index in [4.69, 9.17) is 0 Å². The lowest BCUT2D eigenvalue weighted by molar-refractivity contribution is 0.0940. The van der Waals surface area contributed by atoms with Crippen molar-refractivity contribution in [2.24, 2.45) is 23.2 Å². The zero-order valence-corrected chi connectivity index (χ0v) is 9.63. The fourth-order valence-electron chi connectivity index (χ4n) is 3.58. The monoisotopic (exact) mass is 196 g/mol. The highest BCUT2D eigenvalue weighted by molar-refractivity contribution is 4.92.